The van der Waals surface area contributed by atoms with Gasteiger partial charge in [0.05, 0.1) is 5.69 Å². The Bertz CT molecular complexity index is 1220. The zero-order valence-electron chi connectivity index (χ0n) is 17.7. The predicted octanol–water partition coefficient (Wildman–Crippen LogP) is 5.14. The molecule has 0 bridgehead atoms. The summed E-state index contributed by atoms with van der Waals surface area (Å²) in [7, 11) is 0. The first-order chi connectivity index (χ1) is 15.7. The lowest BCUT2D eigenvalue weighted by molar-refractivity contribution is -0.119. The molecule has 0 spiro atoms. The highest BCUT2D eigenvalue weighted by Crippen LogP contribution is 2.36. The van der Waals surface area contributed by atoms with Gasteiger partial charge in [0.15, 0.2) is 0 Å². The highest BCUT2D eigenvalue weighted by atomic mass is 16.2. The molecule has 4 aromatic carbocycles. The predicted molar refractivity (Wildman–Crippen MR) is 128 cm³/mol. The number of nitrogens with one attached hydrogen (secondary N) is 1. The molecule has 4 aromatic rings. The van der Waals surface area contributed by atoms with Crippen LogP contribution in [0.1, 0.15) is 33.8 Å². The number of hydrogen-bond donors (Lipinski definition) is 1. The summed E-state index contributed by atoms with van der Waals surface area (Å²) in [4.78, 5) is 27.3. The number of carbonyl (C=O) groups excluding carboxylic acids is 2. The Hall–Kier alpha value is -3.92. The lowest BCUT2D eigenvalue weighted by Gasteiger charge is -2.20. The van der Waals surface area contributed by atoms with E-state index in [1.165, 1.54) is 11.1 Å². The minimum atomic E-state index is -0.150. The summed E-state index contributed by atoms with van der Waals surface area (Å²) in [6.07, 6.45) is 0.781. The summed E-state index contributed by atoms with van der Waals surface area (Å²) in [5, 5.41) is 4.98. The molecular formula is C28H24N2O2. The van der Waals surface area contributed by atoms with Crippen molar-refractivity contribution in [3.63, 3.8) is 0 Å². The first-order valence-electron chi connectivity index (χ1n) is 10.9. The van der Waals surface area contributed by atoms with Crippen LogP contribution in [-0.4, -0.2) is 24.9 Å². The minimum Gasteiger partial charge on any atom is -0.355 e. The summed E-state index contributed by atoms with van der Waals surface area (Å²) < 4.78 is 0. The van der Waals surface area contributed by atoms with E-state index in [0.29, 0.717) is 12.1 Å². The molecule has 5 rings (SSSR count). The Labute approximate surface area is 187 Å². The molecule has 0 saturated carbocycles. The molecule has 0 saturated heterocycles. The van der Waals surface area contributed by atoms with E-state index in [1.807, 2.05) is 72.8 Å². The molecule has 4 nitrogen and oxygen atoms in total. The van der Waals surface area contributed by atoms with Crippen LogP contribution in [0.4, 0.5) is 5.69 Å². The maximum Gasteiger partial charge on any atom is 0.259 e. The lowest BCUT2D eigenvalue weighted by Crippen LogP contribution is -2.39. The molecule has 158 valence electrons. The zero-order valence-corrected chi connectivity index (χ0v) is 17.7. The molecule has 4 heteroatoms. The maximum atomic E-state index is 12.9. The molecule has 1 aliphatic heterocycles. The van der Waals surface area contributed by atoms with Gasteiger partial charge in [0.2, 0.25) is 5.91 Å². The van der Waals surface area contributed by atoms with Crippen molar-refractivity contribution < 1.29 is 9.59 Å². The summed E-state index contributed by atoms with van der Waals surface area (Å²) in [5.74, 6) is -0.0643. The van der Waals surface area contributed by atoms with Gasteiger partial charge in [0.25, 0.3) is 5.91 Å². The van der Waals surface area contributed by atoms with Crippen molar-refractivity contribution in [3.05, 3.63) is 114 Å². The third-order valence-electron chi connectivity index (χ3n) is 6.11. The first-order valence-corrected chi connectivity index (χ1v) is 10.9. The fourth-order valence-electron chi connectivity index (χ4n) is 4.59. The van der Waals surface area contributed by atoms with E-state index in [1.54, 1.807) is 4.90 Å². The van der Waals surface area contributed by atoms with E-state index in [0.717, 1.165) is 22.9 Å². The molecule has 0 unspecified atom stereocenters. The van der Waals surface area contributed by atoms with E-state index in [9.17, 15) is 9.59 Å². The first kappa shape index (κ1) is 20.0. The monoisotopic (exact) mass is 420 g/mol. The average Bonchev–Trinajstić information content (AvgIpc) is 3.11. The molecule has 0 radical (unpaired) electrons. The number of rotatable bonds is 7. The van der Waals surface area contributed by atoms with Gasteiger partial charge >= 0.3 is 0 Å². The topological polar surface area (TPSA) is 49.4 Å². The number of amides is 2. The van der Waals surface area contributed by atoms with Crippen molar-refractivity contribution in [2.45, 2.75) is 12.3 Å². The van der Waals surface area contributed by atoms with Crippen LogP contribution in [0.25, 0.3) is 10.8 Å². The molecule has 1 heterocycles. The molecule has 0 aromatic heterocycles. The zero-order chi connectivity index (χ0) is 21.9. The van der Waals surface area contributed by atoms with Crippen LogP contribution in [0.2, 0.25) is 0 Å². The van der Waals surface area contributed by atoms with Crippen LogP contribution in [-0.2, 0) is 4.79 Å². The van der Waals surface area contributed by atoms with Crippen molar-refractivity contribution in [2.75, 3.05) is 18.0 Å². The van der Waals surface area contributed by atoms with Gasteiger partial charge in [-0.15, -0.1) is 0 Å². The third-order valence-corrected chi connectivity index (χ3v) is 6.11. The van der Waals surface area contributed by atoms with Crippen LogP contribution >= 0.6 is 0 Å². The highest BCUT2D eigenvalue weighted by molar-refractivity contribution is 6.26. The van der Waals surface area contributed by atoms with E-state index in [-0.39, 0.29) is 24.3 Å². The van der Waals surface area contributed by atoms with Gasteiger partial charge in [-0.05, 0) is 35.1 Å². The minimum absolute atomic E-state index is 0.0218. The van der Waals surface area contributed by atoms with Crippen LogP contribution in [0.15, 0.2) is 97.1 Å². The van der Waals surface area contributed by atoms with Gasteiger partial charge in [-0.2, -0.15) is 0 Å². The molecule has 0 atom stereocenters. The van der Waals surface area contributed by atoms with Gasteiger partial charge in [0.1, 0.15) is 6.54 Å². The maximum absolute atomic E-state index is 12.9. The van der Waals surface area contributed by atoms with Crippen LogP contribution < -0.4 is 10.2 Å². The Kier molecular flexibility index (Phi) is 5.42. The number of anilines is 1. The molecule has 2 amide bonds. The molecule has 1 N–H and O–H groups in total. The lowest BCUT2D eigenvalue weighted by atomic mass is 9.88. The van der Waals surface area contributed by atoms with E-state index < -0.39 is 0 Å². The standard InChI is InChI=1S/C28H24N2O2/c31-26(19-30-25-16-8-14-22-13-7-15-24(27(22)25)28(30)32)29-18-17-23(20-9-3-1-4-10-20)21-11-5-2-6-12-21/h1-16,23H,17-19H2,(H,29,31). The SMILES string of the molecule is O=C(CN1C(=O)c2cccc3cccc1c23)NCCC(c1ccccc1)c1ccccc1. The summed E-state index contributed by atoms with van der Waals surface area (Å²) in [5.41, 5.74) is 3.93. The van der Waals surface area contributed by atoms with Gasteiger partial charge in [-0.3, -0.25) is 14.5 Å². The molecule has 1 aliphatic rings. The van der Waals surface area contributed by atoms with Crippen LogP contribution in [0, 0.1) is 0 Å². The van der Waals surface area contributed by atoms with Crippen LogP contribution in [0.5, 0.6) is 0 Å². The normalized spacial score (nSPS) is 12.5. The largest absolute Gasteiger partial charge is 0.355 e. The van der Waals surface area contributed by atoms with E-state index in [4.69, 9.17) is 0 Å². The molecule has 32 heavy (non-hydrogen) atoms. The Morgan fingerprint density at radius 2 is 1.41 bits per heavy atom. The average molecular weight is 421 g/mol. The van der Waals surface area contributed by atoms with Gasteiger partial charge in [-0.1, -0.05) is 84.9 Å². The number of nitrogens with zero attached hydrogens (tertiary/aromatic N) is 1. The molecule has 0 aliphatic carbocycles. The van der Waals surface area contributed by atoms with E-state index >= 15 is 0 Å². The van der Waals surface area contributed by atoms with Crippen molar-refractivity contribution in [3.8, 4) is 0 Å². The second kappa shape index (κ2) is 8.67. The number of carbonyl (C=O) groups is 2. The summed E-state index contributed by atoms with van der Waals surface area (Å²) in [6, 6.07) is 32.2. The van der Waals surface area contributed by atoms with Gasteiger partial charge in [0, 0.05) is 23.4 Å². The van der Waals surface area contributed by atoms with Crippen molar-refractivity contribution in [1.82, 2.24) is 5.32 Å². The quantitative estimate of drug-likeness (QED) is 0.450. The fraction of sp³-hybridized carbons (Fsp3) is 0.143. The number of hydrogen-bond acceptors (Lipinski definition) is 2. The second-order valence-corrected chi connectivity index (χ2v) is 8.08. The van der Waals surface area contributed by atoms with Crippen molar-refractivity contribution >= 4 is 28.3 Å². The van der Waals surface area contributed by atoms with Gasteiger partial charge < -0.3 is 5.32 Å². The highest BCUT2D eigenvalue weighted by Gasteiger charge is 2.30. The second-order valence-electron chi connectivity index (χ2n) is 8.08. The van der Waals surface area contributed by atoms with Crippen molar-refractivity contribution in [2.24, 2.45) is 0 Å². The van der Waals surface area contributed by atoms with Crippen LogP contribution in [0.3, 0.4) is 0 Å². The molecule has 0 fully saturated rings. The summed E-state index contributed by atoms with van der Waals surface area (Å²) in [6.45, 7) is 0.556. The molecular weight excluding hydrogens is 396 g/mol. The number of benzene rings is 4. The Morgan fingerprint density at radius 1 is 0.781 bits per heavy atom. The third kappa shape index (κ3) is 3.76. The Balaban J connectivity index is 1.26. The van der Waals surface area contributed by atoms with Gasteiger partial charge in [-0.25, -0.2) is 0 Å². The summed E-state index contributed by atoms with van der Waals surface area (Å²) >= 11 is 0. The Morgan fingerprint density at radius 3 is 2.06 bits per heavy atom. The van der Waals surface area contributed by atoms with Crippen molar-refractivity contribution in [1.29, 1.82) is 0 Å². The van der Waals surface area contributed by atoms with E-state index in [2.05, 4.69) is 29.6 Å². The smallest absolute Gasteiger partial charge is 0.259 e. The fourth-order valence-corrected chi connectivity index (χ4v) is 4.59.